The summed E-state index contributed by atoms with van der Waals surface area (Å²) in [7, 11) is 0. The van der Waals surface area contributed by atoms with Gasteiger partial charge >= 0.3 is 0 Å². The largest absolute Gasteiger partial charge is 0.494 e. The number of halogens is 2. The molecular formula is C22H16BrClN2O3S2. The van der Waals surface area contributed by atoms with Crippen LogP contribution in [0.25, 0.3) is 6.08 Å². The van der Waals surface area contributed by atoms with Crippen molar-refractivity contribution in [1.29, 1.82) is 0 Å². The molecule has 5 nitrogen and oxygen atoms in total. The van der Waals surface area contributed by atoms with E-state index >= 15 is 0 Å². The fraction of sp³-hybridized carbons (Fsp3) is 0.0909. The molecule has 1 aromatic heterocycles. The van der Waals surface area contributed by atoms with Gasteiger partial charge in [0.25, 0.3) is 5.91 Å². The second-order valence-electron chi connectivity index (χ2n) is 6.25. The van der Waals surface area contributed by atoms with E-state index in [1.54, 1.807) is 6.08 Å². The average molecular weight is 536 g/mol. The lowest BCUT2D eigenvalue weighted by atomic mass is 10.3. The summed E-state index contributed by atoms with van der Waals surface area (Å²) in [5, 5.41) is 4.67. The van der Waals surface area contributed by atoms with Gasteiger partial charge in [0, 0.05) is 16.0 Å². The van der Waals surface area contributed by atoms with Crippen LogP contribution in [0.5, 0.6) is 5.75 Å². The van der Waals surface area contributed by atoms with Gasteiger partial charge < -0.3 is 14.5 Å². The van der Waals surface area contributed by atoms with Crippen LogP contribution in [0.1, 0.15) is 12.7 Å². The quantitative estimate of drug-likeness (QED) is 0.340. The third-order valence-corrected chi connectivity index (χ3v) is 7.01. The van der Waals surface area contributed by atoms with E-state index in [4.69, 9.17) is 20.8 Å². The molecule has 1 N–H and O–H groups in total. The number of carbonyl (C=O) groups excluding carboxylic acids is 1. The van der Waals surface area contributed by atoms with E-state index in [0.29, 0.717) is 32.6 Å². The highest BCUT2D eigenvalue weighted by Gasteiger charge is 2.24. The van der Waals surface area contributed by atoms with Gasteiger partial charge in [-0.25, -0.2) is 4.99 Å². The highest BCUT2D eigenvalue weighted by Crippen LogP contribution is 2.38. The lowest BCUT2D eigenvalue weighted by Crippen LogP contribution is -2.19. The van der Waals surface area contributed by atoms with Crippen LogP contribution in [0.2, 0.25) is 5.02 Å². The minimum Gasteiger partial charge on any atom is -0.494 e. The molecule has 4 rings (SSSR count). The number of nitrogens with one attached hydrogen (secondary N) is 1. The number of amidine groups is 1. The van der Waals surface area contributed by atoms with Gasteiger partial charge in [-0.1, -0.05) is 23.4 Å². The van der Waals surface area contributed by atoms with Crippen LogP contribution in [0, 0.1) is 0 Å². The number of hydrogen-bond acceptors (Lipinski definition) is 6. The van der Waals surface area contributed by atoms with E-state index in [1.165, 1.54) is 23.5 Å². The maximum Gasteiger partial charge on any atom is 0.264 e. The zero-order valence-electron chi connectivity index (χ0n) is 16.2. The van der Waals surface area contributed by atoms with Crippen LogP contribution < -0.4 is 10.1 Å². The van der Waals surface area contributed by atoms with Gasteiger partial charge in [-0.15, -0.1) is 0 Å². The van der Waals surface area contributed by atoms with Crippen LogP contribution in [-0.2, 0) is 4.79 Å². The zero-order chi connectivity index (χ0) is 21.8. The Morgan fingerprint density at radius 2 is 1.97 bits per heavy atom. The van der Waals surface area contributed by atoms with E-state index < -0.39 is 0 Å². The fourth-order valence-corrected chi connectivity index (χ4v) is 4.91. The van der Waals surface area contributed by atoms with Crippen molar-refractivity contribution in [2.45, 2.75) is 16.9 Å². The minimum atomic E-state index is -0.214. The highest BCUT2D eigenvalue weighted by molar-refractivity contribution is 9.10. The summed E-state index contributed by atoms with van der Waals surface area (Å²) < 4.78 is 12.2. The molecule has 2 heterocycles. The monoisotopic (exact) mass is 534 g/mol. The van der Waals surface area contributed by atoms with Crippen LogP contribution in [-0.4, -0.2) is 17.7 Å². The molecule has 2 aromatic carbocycles. The summed E-state index contributed by atoms with van der Waals surface area (Å²) in [4.78, 5) is 18.3. The van der Waals surface area contributed by atoms with Crippen molar-refractivity contribution in [3.05, 3.63) is 74.8 Å². The Balaban J connectivity index is 1.47. The summed E-state index contributed by atoms with van der Waals surface area (Å²) in [6.45, 7) is 2.54. The topological polar surface area (TPSA) is 63.8 Å². The number of rotatable bonds is 6. The maximum absolute atomic E-state index is 12.4. The third kappa shape index (κ3) is 5.77. The van der Waals surface area contributed by atoms with Gasteiger partial charge in [-0.2, -0.15) is 0 Å². The van der Waals surface area contributed by atoms with Gasteiger partial charge in [-0.05, 0) is 89.2 Å². The Morgan fingerprint density at radius 1 is 1.23 bits per heavy atom. The first-order chi connectivity index (χ1) is 15.0. The van der Waals surface area contributed by atoms with Gasteiger partial charge in [0.2, 0.25) is 0 Å². The SMILES string of the molecule is CCOc1ccc(N=C2NC(=O)/C(=C\c3cc(Br)c(Sc4ccc(Cl)cc4)o3)S2)cc1. The Hall–Kier alpha value is -2.13. The molecular weight excluding hydrogens is 520 g/mol. The predicted molar refractivity (Wildman–Crippen MR) is 130 cm³/mol. The summed E-state index contributed by atoms with van der Waals surface area (Å²) >= 11 is 12.2. The number of hydrogen-bond donors (Lipinski definition) is 1. The van der Waals surface area contributed by atoms with Gasteiger partial charge in [-0.3, -0.25) is 4.79 Å². The summed E-state index contributed by atoms with van der Waals surface area (Å²) in [5.41, 5.74) is 0.731. The molecule has 0 saturated carbocycles. The molecule has 158 valence electrons. The molecule has 9 heteroatoms. The number of aliphatic imine (C=N–C) groups is 1. The van der Waals surface area contributed by atoms with Crippen LogP contribution in [0.15, 0.2) is 83.4 Å². The highest BCUT2D eigenvalue weighted by atomic mass is 79.9. The standard InChI is InChI=1S/C22H16BrClN2O3S2/c1-2-28-15-7-5-14(6-8-15)25-22-26-20(27)19(31-22)12-16-11-18(23)21(29-16)30-17-9-3-13(24)4-10-17/h3-12H,2H2,1H3,(H,25,26,27)/b19-12+. The van der Waals surface area contributed by atoms with Crippen LogP contribution in [0.4, 0.5) is 5.69 Å². The number of carbonyl (C=O) groups is 1. The first-order valence-corrected chi connectivity index (χ1v) is 12.1. The van der Waals surface area contributed by atoms with E-state index in [1.807, 2.05) is 61.5 Å². The summed E-state index contributed by atoms with van der Waals surface area (Å²) in [6.07, 6.45) is 1.71. The second-order valence-corrected chi connectivity index (χ2v) is 9.62. The number of amides is 1. The second kappa shape index (κ2) is 9.99. The third-order valence-electron chi connectivity index (χ3n) is 4.00. The van der Waals surface area contributed by atoms with Crippen LogP contribution in [0.3, 0.4) is 0 Å². The Labute approximate surface area is 201 Å². The molecule has 0 aliphatic carbocycles. The zero-order valence-corrected chi connectivity index (χ0v) is 20.2. The molecule has 0 radical (unpaired) electrons. The number of nitrogens with zero attached hydrogens (tertiary/aromatic N) is 1. The van der Waals surface area contributed by atoms with Crippen molar-refractivity contribution in [3.8, 4) is 5.75 Å². The van der Waals surface area contributed by atoms with E-state index in [2.05, 4.69) is 26.2 Å². The summed E-state index contributed by atoms with van der Waals surface area (Å²) in [6, 6.07) is 16.7. The minimum absolute atomic E-state index is 0.214. The first-order valence-electron chi connectivity index (χ1n) is 9.25. The van der Waals surface area contributed by atoms with Crippen LogP contribution >= 0.6 is 51.1 Å². The van der Waals surface area contributed by atoms with Crippen molar-refractivity contribution in [3.63, 3.8) is 0 Å². The molecule has 31 heavy (non-hydrogen) atoms. The number of ether oxygens (including phenoxy) is 1. The summed E-state index contributed by atoms with van der Waals surface area (Å²) in [5.74, 6) is 1.14. The lowest BCUT2D eigenvalue weighted by Gasteiger charge is -2.02. The lowest BCUT2D eigenvalue weighted by molar-refractivity contribution is -0.115. The molecule has 0 atom stereocenters. The molecule has 0 bridgehead atoms. The molecule has 1 aliphatic heterocycles. The molecule has 0 spiro atoms. The van der Waals surface area contributed by atoms with Crippen molar-refractivity contribution in [2.75, 3.05) is 6.61 Å². The first kappa shape index (κ1) is 22.1. The van der Waals surface area contributed by atoms with E-state index in [9.17, 15) is 4.79 Å². The van der Waals surface area contributed by atoms with E-state index in [0.717, 1.165) is 20.8 Å². The predicted octanol–water partition coefficient (Wildman–Crippen LogP) is 7.14. The number of furan rings is 1. The molecule has 3 aromatic rings. The molecule has 1 amide bonds. The Morgan fingerprint density at radius 3 is 2.68 bits per heavy atom. The maximum atomic E-state index is 12.4. The smallest absolute Gasteiger partial charge is 0.264 e. The number of thioether (sulfide) groups is 1. The molecule has 0 unspecified atom stereocenters. The Kier molecular flexibility index (Phi) is 7.12. The molecule has 1 aliphatic rings. The van der Waals surface area contributed by atoms with Gasteiger partial charge in [0.15, 0.2) is 10.3 Å². The van der Waals surface area contributed by atoms with Crippen molar-refractivity contribution in [1.82, 2.24) is 5.32 Å². The molecule has 1 saturated heterocycles. The van der Waals surface area contributed by atoms with Gasteiger partial charge in [0.05, 0.1) is 21.7 Å². The normalized spacial score (nSPS) is 16.2. The van der Waals surface area contributed by atoms with Crippen molar-refractivity contribution in [2.24, 2.45) is 4.99 Å². The Bertz CT molecular complexity index is 1160. The van der Waals surface area contributed by atoms with E-state index in [-0.39, 0.29) is 5.91 Å². The average Bonchev–Trinajstić information content (AvgIpc) is 3.27. The fourth-order valence-electron chi connectivity index (χ4n) is 2.63. The van der Waals surface area contributed by atoms with Crippen molar-refractivity contribution < 1.29 is 13.9 Å². The van der Waals surface area contributed by atoms with Gasteiger partial charge in [0.1, 0.15) is 11.5 Å². The number of benzene rings is 2. The van der Waals surface area contributed by atoms with Crippen molar-refractivity contribution >= 4 is 73.9 Å². The molecule has 1 fully saturated rings.